The van der Waals surface area contributed by atoms with Crippen LogP contribution < -0.4 is 5.32 Å². The van der Waals surface area contributed by atoms with Gasteiger partial charge in [-0.25, -0.2) is 4.39 Å². The zero-order valence-electron chi connectivity index (χ0n) is 10.2. The summed E-state index contributed by atoms with van der Waals surface area (Å²) in [5.74, 6) is 0.337. The third kappa shape index (κ3) is 2.48. The Hall–Kier alpha value is -1.38. The van der Waals surface area contributed by atoms with Gasteiger partial charge in [-0.2, -0.15) is 0 Å². The lowest BCUT2D eigenvalue weighted by Gasteiger charge is -2.19. The minimum Gasteiger partial charge on any atom is -0.349 e. The van der Waals surface area contributed by atoms with Crippen molar-refractivity contribution >= 4 is 5.91 Å². The van der Waals surface area contributed by atoms with E-state index in [4.69, 9.17) is 0 Å². The first-order valence-electron chi connectivity index (χ1n) is 6.15. The van der Waals surface area contributed by atoms with E-state index in [0.29, 0.717) is 11.8 Å². The molecule has 0 heterocycles. The van der Waals surface area contributed by atoms with Crippen LogP contribution in [0.4, 0.5) is 4.39 Å². The summed E-state index contributed by atoms with van der Waals surface area (Å²) in [6.07, 6.45) is 2.12. The molecule has 92 valence electrons. The lowest BCUT2D eigenvalue weighted by atomic mass is 9.97. The highest BCUT2D eigenvalue weighted by Crippen LogP contribution is 2.31. The van der Waals surface area contributed by atoms with Crippen molar-refractivity contribution in [1.82, 2.24) is 5.32 Å². The van der Waals surface area contributed by atoms with Gasteiger partial charge in [0, 0.05) is 6.04 Å². The van der Waals surface area contributed by atoms with E-state index in [1.807, 2.05) is 0 Å². The molecule has 1 aliphatic rings. The molecule has 2 nitrogen and oxygen atoms in total. The molecule has 1 amide bonds. The quantitative estimate of drug-likeness (QED) is 0.838. The van der Waals surface area contributed by atoms with Crippen molar-refractivity contribution in [2.75, 3.05) is 0 Å². The van der Waals surface area contributed by atoms with Gasteiger partial charge in [-0.3, -0.25) is 4.79 Å². The Labute approximate surface area is 101 Å². The Bertz CT molecular complexity index is 418. The van der Waals surface area contributed by atoms with Crippen molar-refractivity contribution in [1.29, 1.82) is 0 Å². The molecule has 0 saturated heterocycles. The van der Waals surface area contributed by atoms with Crippen LogP contribution in [0.3, 0.4) is 0 Å². The maximum atomic E-state index is 13.4. The fraction of sp³-hybridized carbons (Fsp3) is 0.500. The molecule has 1 fully saturated rings. The fourth-order valence-corrected chi connectivity index (χ4v) is 2.46. The first kappa shape index (κ1) is 12.1. The molecule has 3 unspecified atom stereocenters. The number of halogens is 1. The number of rotatable bonds is 2. The highest BCUT2D eigenvalue weighted by atomic mass is 19.1. The van der Waals surface area contributed by atoms with Gasteiger partial charge in [0.05, 0.1) is 5.56 Å². The second kappa shape index (κ2) is 4.86. The molecule has 0 bridgehead atoms. The van der Waals surface area contributed by atoms with E-state index < -0.39 is 5.82 Å². The number of nitrogens with one attached hydrogen (secondary N) is 1. The molecule has 1 aromatic rings. The molecule has 17 heavy (non-hydrogen) atoms. The van der Waals surface area contributed by atoms with E-state index >= 15 is 0 Å². The Morgan fingerprint density at radius 2 is 2.00 bits per heavy atom. The molecule has 0 aliphatic heterocycles. The standard InChI is InChI=1S/C14H18FNO/c1-9-7-8-13(10(9)2)16-14(17)11-5-3-4-6-12(11)15/h3-6,9-10,13H,7-8H2,1-2H3,(H,16,17). The van der Waals surface area contributed by atoms with Gasteiger partial charge in [-0.15, -0.1) is 0 Å². The fourth-order valence-electron chi connectivity index (χ4n) is 2.46. The predicted molar refractivity (Wildman–Crippen MR) is 65.2 cm³/mol. The average Bonchev–Trinajstić information content (AvgIpc) is 2.61. The smallest absolute Gasteiger partial charge is 0.254 e. The molecule has 2 rings (SSSR count). The summed E-state index contributed by atoms with van der Waals surface area (Å²) in [6, 6.07) is 6.28. The van der Waals surface area contributed by atoms with Crippen LogP contribution in [-0.4, -0.2) is 11.9 Å². The molecule has 1 aliphatic carbocycles. The van der Waals surface area contributed by atoms with Crippen LogP contribution in [0.15, 0.2) is 24.3 Å². The average molecular weight is 235 g/mol. The Kier molecular flexibility index (Phi) is 3.46. The zero-order chi connectivity index (χ0) is 12.4. The molecule has 0 aromatic heterocycles. The van der Waals surface area contributed by atoms with Crippen LogP contribution in [0, 0.1) is 17.7 Å². The highest BCUT2D eigenvalue weighted by molar-refractivity contribution is 5.94. The number of hydrogen-bond donors (Lipinski definition) is 1. The molecule has 0 radical (unpaired) electrons. The monoisotopic (exact) mass is 235 g/mol. The first-order valence-corrected chi connectivity index (χ1v) is 6.15. The molecule has 3 atom stereocenters. The second-order valence-corrected chi connectivity index (χ2v) is 4.97. The van der Waals surface area contributed by atoms with Crippen molar-refractivity contribution in [2.24, 2.45) is 11.8 Å². The van der Waals surface area contributed by atoms with E-state index in [1.54, 1.807) is 12.1 Å². The van der Waals surface area contributed by atoms with Gasteiger partial charge in [0.1, 0.15) is 5.82 Å². The third-order valence-electron chi connectivity index (χ3n) is 3.90. The molecule has 1 saturated carbocycles. The first-order chi connectivity index (χ1) is 8.09. The van der Waals surface area contributed by atoms with E-state index in [9.17, 15) is 9.18 Å². The van der Waals surface area contributed by atoms with Crippen molar-refractivity contribution in [2.45, 2.75) is 32.7 Å². The van der Waals surface area contributed by atoms with Crippen molar-refractivity contribution in [3.8, 4) is 0 Å². The van der Waals surface area contributed by atoms with Crippen LogP contribution in [0.2, 0.25) is 0 Å². The SMILES string of the molecule is CC1CCC(NC(=O)c2ccccc2F)C1C. The Morgan fingerprint density at radius 1 is 1.29 bits per heavy atom. The number of hydrogen-bond acceptors (Lipinski definition) is 1. The van der Waals surface area contributed by atoms with E-state index in [0.717, 1.165) is 12.8 Å². The van der Waals surface area contributed by atoms with Crippen LogP contribution in [0.25, 0.3) is 0 Å². The normalized spacial score (nSPS) is 28.1. The summed E-state index contributed by atoms with van der Waals surface area (Å²) >= 11 is 0. The summed E-state index contributed by atoms with van der Waals surface area (Å²) in [5, 5.41) is 2.94. The molecule has 0 spiro atoms. The van der Waals surface area contributed by atoms with Crippen molar-refractivity contribution in [3.05, 3.63) is 35.6 Å². The van der Waals surface area contributed by atoms with E-state index in [2.05, 4.69) is 19.2 Å². The topological polar surface area (TPSA) is 29.1 Å². The van der Waals surface area contributed by atoms with Gasteiger partial charge in [-0.1, -0.05) is 26.0 Å². The third-order valence-corrected chi connectivity index (χ3v) is 3.90. The summed E-state index contributed by atoms with van der Waals surface area (Å²) in [7, 11) is 0. The minimum absolute atomic E-state index is 0.138. The zero-order valence-corrected chi connectivity index (χ0v) is 10.2. The summed E-state index contributed by atoms with van der Waals surface area (Å²) in [6.45, 7) is 4.34. The van der Waals surface area contributed by atoms with Crippen LogP contribution in [0.1, 0.15) is 37.0 Å². The van der Waals surface area contributed by atoms with Gasteiger partial charge in [0.2, 0.25) is 0 Å². The highest BCUT2D eigenvalue weighted by Gasteiger charge is 2.31. The summed E-state index contributed by atoms with van der Waals surface area (Å²) in [5.41, 5.74) is 0.138. The number of carbonyl (C=O) groups is 1. The molecular weight excluding hydrogens is 217 g/mol. The number of amides is 1. The van der Waals surface area contributed by atoms with Gasteiger partial charge in [0.15, 0.2) is 0 Å². The minimum atomic E-state index is -0.455. The summed E-state index contributed by atoms with van der Waals surface area (Å²) < 4.78 is 13.4. The van der Waals surface area contributed by atoms with Crippen LogP contribution in [-0.2, 0) is 0 Å². The van der Waals surface area contributed by atoms with E-state index in [1.165, 1.54) is 12.1 Å². The Morgan fingerprint density at radius 3 is 2.59 bits per heavy atom. The Balaban J connectivity index is 2.05. The van der Waals surface area contributed by atoms with E-state index in [-0.39, 0.29) is 17.5 Å². The lowest BCUT2D eigenvalue weighted by molar-refractivity contribution is 0.0923. The van der Waals surface area contributed by atoms with Gasteiger partial charge >= 0.3 is 0 Å². The maximum Gasteiger partial charge on any atom is 0.254 e. The molecule has 1 N–H and O–H groups in total. The van der Waals surface area contributed by atoms with Gasteiger partial charge < -0.3 is 5.32 Å². The molecule has 3 heteroatoms. The maximum absolute atomic E-state index is 13.4. The number of benzene rings is 1. The van der Waals surface area contributed by atoms with Crippen LogP contribution in [0.5, 0.6) is 0 Å². The lowest BCUT2D eigenvalue weighted by Crippen LogP contribution is -2.37. The van der Waals surface area contributed by atoms with Gasteiger partial charge in [-0.05, 0) is 36.8 Å². The second-order valence-electron chi connectivity index (χ2n) is 4.97. The molecular formula is C14H18FNO. The largest absolute Gasteiger partial charge is 0.349 e. The van der Waals surface area contributed by atoms with Crippen LogP contribution >= 0.6 is 0 Å². The summed E-state index contributed by atoms with van der Waals surface area (Å²) in [4.78, 5) is 11.9. The van der Waals surface area contributed by atoms with Crippen molar-refractivity contribution < 1.29 is 9.18 Å². The van der Waals surface area contributed by atoms with Crippen molar-refractivity contribution in [3.63, 3.8) is 0 Å². The molecule has 1 aromatic carbocycles. The van der Waals surface area contributed by atoms with Gasteiger partial charge in [0.25, 0.3) is 5.91 Å². The predicted octanol–water partition coefficient (Wildman–Crippen LogP) is 2.99. The number of carbonyl (C=O) groups excluding carboxylic acids is 1.